The van der Waals surface area contributed by atoms with Crippen LogP contribution in [0.5, 0.6) is 0 Å². The zero-order valence-electron chi connectivity index (χ0n) is 19.6. The summed E-state index contributed by atoms with van der Waals surface area (Å²) in [6.45, 7) is 5.46. The molecule has 0 radical (unpaired) electrons. The molecule has 4 heterocycles. The minimum Gasteiger partial charge on any atom is -0.404 e. The SMILES string of the molecule is CCn1c(-c2ccncc2)nc2c(N3CCOCC3)nc(/C(N)=C/C(=C\N)c3ccccc3)nc21. The molecule has 1 fully saturated rings. The number of hydrogen-bond acceptors (Lipinski definition) is 8. The molecule has 4 N–H and O–H groups in total. The van der Waals surface area contributed by atoms with Crippen LogP contribution in [-0.4, -0.2) is 50.8 Å². The van der Waals surface area contributed by atoms with Gasteiger partial charge in [0.15, 0.2) is 22.8 Å². The van der Waals surface area contributed by atoms with Gasteiger partial charge >= 0.3 is 0 Å². The molecule has 0 spiro atoms. The van der Waals surface area contributed by atoms with Crippen LogP contribution in [0.25, 0.3) is 33.8 Å². The summed E-state index contributed by atoms with van der Waals surface area (Å²) >= 11 is 0. The largest absolute Gasteiger partial charge is 0.404 e. The molecule has 0 saturated carbocycles. The van der Waals surface area contributed by atoms with E-state index < -0.39 is 0 Å². The number of hydrogen-bond donors (Lipinski definition) is 2. The van der Waals surface area contributed by atoms with E-state index in [-0.39, 0.29) is 0 Å². The van der Waals surface area contributed by atoms with Crippen molar-refractivity contribution >= 4 is 28.3 Å². The third-order valence-corrected chi connectivity index (χ3v) is 6.00. The fourth-order valence-electron chi connectivity index (χ4n) is 4.22. The van der Waals surface area contributed by atoms with E-state index in [0.717, 1.165) is 52.6 Å². The molecule has 1 saturated heterocycles. The van der Waals surface area contributed by atoms with Gasteiger partial charge in [0, 0.05) is 43.8 Å². The number of fused-ring (bicyclic) bond motifs is 1. The summed E-state index contributed by atoms with van der Waals surface area (Å²) in [4.78, 5) is 21.1. The quantitative estimate of drug-likeness (QED) is 0.414. The third kappa shape index (κ3) is 4.45. The van der Waals surface area contributed by atoms with E-state index in [0.29, 0.717) is 31.3 Å². The number of benzene rings is 1. The summed E-state index contributed by atoms with van der Waals surface area (Å²) in [6.07, 6.45) is 6.89. The number of morpholine rings is 1. The van der Waals surface area contributed by atoms with Gasteiger partial charge in [-0.05, 0) is 36.3 Å². The highest BCUT2D eigenvalue weighted by molar-refractivity contribution is 5.89. The summed E-state index contributed by atoms with van der Waals surface area (Å²) in [7, 11) is 0. The van der Waals surface area contributed by atoms with Gasteiger partial charge in [0.25, 0.3) is 0 Å². The highest BCUT2D eigenvalue weighted by atomic mass is 16.5. The number of pyridine rings is 1. The van der Waals surface area contributed by atoms with Crippen molar-refractivity contribution in [3.8, 4) is 11.4 Å². The Hall–Kier alpha value is -4.24. The Morgan fingerprint density at radius 2 is 1.77 bits per heavy atom. The van der Waals surface area contributed by atoms with Crippen molar-refractivity contribution in [2.24, 2.45) is 11.5 Å². The third-order valence-electron chi connectivity index (χ3n) is 6.00. The van der Waals surface area contributed by atoms with Gasteiger partial charge < -0.3 is 25.7 Å². The van der Waals surface area contributed by atoms with Crippen LogP contribution < -0.4 is 16.4 Å². The molecule has 0 unspecified atom stereocenters. The number of imidazole rings is 1. The van der Waals surface area contributed by atoms with Crippen molar-refractivity contribution in [2.75, 3.05) is 31.2 Å². The normalized spacial score (nSPS) is 15.1. The molecule has 5 rings (SSSR count). The molecule has 3 aromatic heterocycles. The fourth-order valence-corrected chi connectivity index (χ4v) is 4.22. The highest BCUT2D eigenvalue weighted by Crippen LogP contribution is 2.30. The topological polar surface area (TPSA) is 121 Å². The number of nitrogens with zero attached hydrogens (tertiary/aromatic N) is 6. The van der Waals surface area contributed by atoms with E-state index in [2.05, 4.69) is 21.4 Å². The molecule has 0 aliphatic carbocycles. The second kappa shape index (κ2) is 9.94. The molecule has 0 bridgehead atoms. The number of allylic oxidation sites excluding steroid dienone is 2. The highest BCUT2D eigenvalue weighted by Gasteiger charge is 2.23. The van der Waals surface area contributed by atoms with Crippen LogP contribution in [-0.2, 0) is 11.3 Å². The molecule has 9 nitrogen and oxygen atoms in total. The predicted octanol–water partition coefficient (Wildman–Crippen LogP) is 3.04. The van der Waals surface area contributed by atoms with E-state index in [1.807, 2.05) is 48.5 Å². The number of rotatable bonds is 6. The van der Waals surface area contributed by atoms with Crippen molar-refractivity contribution < 1.29 is 4.74 Å². The predicted molar refractivity (Wildman–Crippen MR) is 138 cm³/mol. The Kier molecular flexibility index (Phi) is 6.40. The van der Waals surface area contributed by atoms with Crippen molar-refractivity contribution in [2.45, 2.75) is 13.5 Å². The lowest BCUT2D eigenvalue weighted by atomic mass is 10.1. The zero-order valence-corrected chi connectivity index (χ0v) is 19.6. The van der Waals surface area contributed by atoms with Crippen molar-refractivity contribution in [1.82, 2.24) is 24.5 Å². The van der Waals surface area contributed by atoms with Gasteiger partial charge in [0.05, 0.1) is 18.9 Å². The molecular weight excluding hydrogens is 440 g/mol. The molecule has 0 atom stereocenters. The van der Waals surface area contributed by atoms with Gasteiger partial charge in [-0.3, -0.25) is 4.98 Å². The standard InChI is InChI=1S/C26H28N8O/c1-2-34-24(19-8-10-29-11-9-19)30-22-25(33-12-14-35-15-13-33)31-23(32-26(22)34)21(28)16-20(17-27)18-6-4-3-5-7-18/h3-11,16-17H,2,12-15,27-28H2,1H3/b20-17+,21-16-. The van der Waals surface area contributed by atoms with Gasteiger partial charge in [0.2, 0.25) is 0 Å². The van der Waals surface area contributed by atoms with Crippen molar-refractivity contribution in [3.05, 3.63) is 78.5 Å². The molecule has 178 valence electrons. The van der Waals surface area contributed by atoms with Crippen LogP contribution in [0.15, 0.2) is 67.1 Å². The Morgan fingerprint density at radius 3 is 2.46 bits per heavy atom. The number of aryl methyl sites for hydroxylation is 1. The first-order valence-corrected chi connectivity index (χ1v) is 11.7. The number of nitrogens with two attached hydrogens (primary N) is 2. The lowest BCUT2D eigenvalue weighted by Crippen LogP contribution is -2.37. The minimum atomic E-state index is 0.427. The lowest BCUT2D eigenvalue weighted by molar-refractivity contribution is 0.122. The average Bonchev–Trinajstić information content (AvgIpc) is 3.31. The Labute approximate surface area is 203 Å². The average molecular weight is 469 g/mol. The van der Waals surface area contributed by atoms with Gasteiger partial charge in [-0.15, -0.1) is 0 Å². The molecular formula is C26H28N8O. The molecule has 4 aromatic rings. The van der Waals surface area contributed by atoms with Gasteiger partial charge in [-0.1, -0.05) is 30.3 Å². The zero-order chi connectivity index (χ0) is 24.2. The van der Waals surface area contributed by atoms with Gasteiger partial charge in [0.1, 0.15) is 5.82 Å². The van der Waals surface area contributed by atoms with Gasteiger partial charge in [-0.25, -0.2) is 15.0 Å². The summed E-state index contributed by atoms with van der Waals surface area (Å²) < 4.78 is 7.66. The van der Waals surface area contributed by atoms with Crippen LogP contribution in [0.3, 0.4) is 0 Å². The maximum Gasteiger partial charge on any atom is 0.179 e. The number of anilines is 1. The summed E-state index contributed by atoms with van der Waals surface area (Å²) in [5, 5.41) is 0. The van der Waals surface area contributed by atoms with E-state index in [9.17, 15) is 0 Å². The van der Waals surface area contributed by atoms with E-state index in [1.165, 1.54) is 0 Å². The van der Waals surface area contributed by atoms with Crippen LogP contribution in [0, 0.1) is 0 Å². The molecule has 1 aliphatic rings. The maximum atomic E-state index is 6.57. The van der Waals surface area contributed by atoms with Crippen LogP contribution in [0.2, 0.25) is 0 Å². The second-order valence-electron chi connectivity index (χ2n) is 8.15. The Balaban J connectivity index is 1.68. The number of ether oxygens (including phenoxy) is 1. The van der Waals surface area contributed by atoms with E-state index in [4.69, 9.17) is 31.2 Å². The molecule has 0 amide bonds. The summed E-state index contributed by atoms with van der Waals surface area (Å²) in [5.41, 5.74) is 17.1. The van der Waals surface area contributed by atoms with Gasteiger partial charge in [-0.2, -0.15) is 0 Å². The lowest BCUT2D eigenvalue weighted by Gasteiger charge is -2.28. The van der Waals surface area contributed by atoms with Crippen LogP contribution in [0.4, 0.5) is 5.82 Å². The molecule has 1 aliphatic heterocycles. The Bertz CT molecular complexity index is 1370. The molecule has 35 heavy (non-hydrogen) atoms. The van der Waals surface area contributed by atoms with Crippen LogP contribution in [0.1, 0.15) is 18.3 Å². The minimum absolute atomic E-state index is 0.427. The fraction of sp³-hybridized carbons (Fsp3) is 0.231. The van der Waals surface area contributed by atoms with E-state index in [1.54, 1.807) is 18.6 Å². The summed E-state index contributed by atoms with van der Waals surface area (Å²) in [6, 6.07) is 13.7. The molecule has 1 aromatic carbocycles. The first-order valence-electron chi connectivity index (χ1n) is 11.7. The van der Waals surface area contributed by atoms with Crippen molar-refractivity contribution in [1.29, 1.82) is 0 Å². The van der Waals surface area contributed by atoms with Crippen molar-refractivity contribution in [3.63, 3.8) is 0 Å². The van der Waals surface area contributed by atoms with E-state index >= 15 is 0 Å². The number of aromatic nitrogens is 5. The first kappa shape index (κ1) is 22.5. The van der Waals surface area contributed by atoms with Crippen LogP contribution >= 0.6 is 0 Å². The first-order chi connectivity index (χ1) is 17.2. The maximum absolute atomic E-state index is 6.57. The smallest absolute Gasteiger partial charge is 0.179 e. The molecule has 9 heteroatoms. The Morgan fingerprint density at radius 1 is 1.03 bits per heavy atom. The summed E-state index contributed by atoms with van der Waals surface area (Å²) in [5.74, 6) is 2.01. The second-order valence-corrected chi connectivity index (χ2v) is 8.15. The monoisotopic (exact) mass is 468 g/mol.